The van der Waals surface area contributed by atoms with Gasteiger partial charge < -0.3 is 9.88 Å². The molecular formula is C22H22N4O3. The lowest BCUT2D eigenvalue weighted by molar-refractivity contribution is -0.114. The molecule has 3 aromatic rings. The summed E-state index contributed by atoms with van der Waals surface area (Å²) in [5.41, 5.74) is 8.95. The fraction of sp³-hybridized carbons (Fsp3) is 0.136. The lowest BCUT2D eigenvalue weighted by Crippen LogP contribution is -2.41. The topological polar surface area (TPSA) is 92.2 Å². The molecule has 1 heterocycles. The number of nitrogens with one attached hydrogen (secondary N) is 3. The third-order valence-electron chi connectivity index (χ3n) is 4.45. The van der Waals surface area contributed by atoms with Crippen molar-refractivity contribution in [3.8, 4) is 5.69 Å². The second-order valence-electron chi connectivity index (χ2n) is 6.62. The minimum atomic E-state index is -0.454. The second-order valence-corrected chi connectivity index (χ2v) is 6.62. The Labute approximate surface area is 168 Å². The van der Waals surface area contributed by atoms with E-state index in [0.29, 0.717) is 16.8 Å². The zero-order chi connectivity index (χ0) is 21.0. The Morgan fingerprint density at radius 2 is 1.45 bits per heavy atom. The first-order valence-corrected chi connectivity index (χ1v) is 9.09. The summed E-state index contributed by atoms with van der Waals surface area (Å²) in [5, 5.41) is 2.63. The normalized spacial score (nSPS) is 10.3. The third kappa shape index (κ3) is 4.52. The van der Waals surface area contributed by atoms with Crippen molar-refractivity contribution in [2.45, 2.75) is 20.8 Å². The molecule has 0 fully saturated rings. The molecule has 0 aliphatic rings. The molecule has 0 spiro atoms. The van der Waals surface area contributed by atoms with Crippen LogP contribution < -0.4 is 16.2 Å². The van der Waals surface area contributed by atoms with Gasteiger partial charge in [-0.1, -0.05) is 18.2 Å². The number of carbonyl (C=O) groups is 3. The Bertz CT molecular complexity index is 1050. The van der Waals surface area contributed by atoms with E-state index in [9.17, 15) is 14.4 Å². The van der Waals surface area contributed by atoms with Crippen LogP contribution in [0.3, 0.4) is 0 Å². The number of aryl methyl sites for hydroxylation is 1. The van der Waals surface area contributed by atoms with Crippen molar-refractivity contribution in [1.29, 1.82) is 0 Å². The van der Waals surface area contributed by atoms with Crippen LogP contribution in [0.2, 0.25) is 0 Å². The van der Waals surface area contributed by atoms with E-state index in [2.05, 4.69) is 16.2 Å². The quantitative estimate of drug-likeness (QED) is 0.598. The first kappa shape index (κ1) is 19.9. The second kappa shape index (κ2) is 8.43. The van der Waals surface area contributed by atoms with Crippen LogP contribution in [0.5, 0.6) is 0 Å². The summed E-state index contributed by atoms with van der Waals surface area (Å²) in [5.74, 6) is -1.05. The van der Waals surface area contributed by atoms with Gasteiger partial charge in [0.15, 0.2) is 0 Å². The highest BCUT2D eigenvalue weighted by Crippen LogP contribution is 2.20. The van der Waals surface area contributed by atoms with E-state index in [1.807, 2.05) is 48.7 Å². The predicted molar refractivity (Wildman–Crippen MR) is 111 cm³/mol. The predicted octanol–water partition coefficient (Wildman–Crippen LogP) is 3.13. The number of carbonyl (C=O) groups excluding carboxylic acids is 3. The highest BCUT2D eigenvalue weighted by atomic mass is 16.2. The van der Waals surface area contributed by atoms with E-state index in [1.54, 1.807) is 30.3 Å². The SMILES string of the molecule is CC(=O)Nc1ccc(C(=O)NNC(=O)c2cc(C)n(-c3ccccc3)c2C)cc1. The molecule has 29 heavy (non-hydrogen) atoms. The van der Waals surface area contributed by atoms with Crippen molar-refractivity contribution < 1.29 is 14.4 Å². The number of hydrazine groups is 1. The summed E-state index contributed by atoms with van der Waals surface area (Å²) >= 11 is 0. The van der Waals surface area contributed by atoms with Crippen molar-refractivity contribution in [3.63, 3.8) is 0 Å². The lowest BCUT2D eigenvalue weighted by atomic mass is 10.2. The summed E-state index contributed by atoms with van der Waals surface area (Å²) < 4.78 is 1.98. The van der Waals surface area contributed by atoms with Gasteiger partial charge in [-0.2, -0.15) is 0 Å². The van der Waals surface area contributed by atoms with Gasteiger partial charge in [-0.15, -0.1) is 0 Å². The Kier molecular flexibility index (Phi) is 5.78. The first-order chi connectivity index (χ1) is 13.9. The third-order valence-corrected chi connectivity index (χ3v) is 4.45. The molecule has 0 aliphatic carbocycles. The molecule has 7 nitrogen and oxygen atoms in total. The maximum Gasteiger partial charge on any atom is 0.271 e. The van der Waals surface area contributed by atoms with Crippen LogP contribution in [0.4, 0.5) is 5.69 Å². The monoisotopic (exact) mass is 390 g/mol. The van der Waals surface area contributed by atoms with E-state index in [1.165, 1.54) is 6.92 Å². The van der Waals surface area contributed by atoms with Crippen LogP contribution in [-0.2, 0) is 4.79 Å². The molecule has 3 amide bonds. The van der Waals surface area contributed by atoms with Gasteiger partial charge in [-0.25, -0.2) is 0 Å². The van der Waals surface area contributed by atoms with Gasteiger partial charge in [0.05, 0.1) is 5.56 Å². The number of hydrogen-bond donors (Lipinski definition) is 3. The number of nitrogens with zero attached hydrogens (tertiary/aromatic N) is 1. The first-order valence-electron chi connectivity index (χ1n) is 9.09. The van der Waals surface area contributed by atoms with Crippen molar-refractivity contribution in [2.24, 2.45) is 0 Å². The molecule has 7 heteroatoms. The highest BCUT2D eigenvalue weighted by Gasteiger charge is 2.17. The average Bonchev–Trinajstić information content (AvgIpc) is 3.01. The molecule has 0 unspecified atom stereocenters. The summed E-state index contributed by atoms with van der Waals surface area (Å²) in [6.45, 7) is 5.19. The summed E-state index contributed by atoms with van der Waals surface area (Å²) in [6, 6.07) is 17.9. The molecular weight excluding hydrogens is 368 g/mol. The Balaban J connectivity index is 1.68. The molecule has 3 rings (SSSR count). The van der Waals surface area contributed by atoms with Crippen LogP contribution in [0.1, 0.15) is 39.0 Å². The van der Waals surface area contributed by atoms with Gasteiger partial charge in [0.1, 0.15) is 0 Å². The number of rotatable bonds is 4. The number of anilines is 1. The van der Waals surface area contributed by atoms with E-state index < -0.39 is 11.8 Å². The molecule has 0 bridgehead atoms. The summed E-state index contributed by atoms with van der Waals surface area (Å²) in [7, 11) is 0. The van der Waals surface area contributed by atoms with Crippen molar-refractivity contribution in [3.05, 3.63) is 83.2 Å². The van der Waals surface area contributed by atoms with Gasteiger partial charge in [0, 0.05) is 35.2 Å². The van der Waals surface area contributed by atoms with E-state index in [-0.39, 0.29) is 5.91 Å². The minimum absolute atomic E-state index is 0.192. The van der Waals surface area contributed by atoms with Crippen LogP contribution in [-0.4, -0.2) is 22.3 Å². The highest BCUT2D eigenvalue weighted by molar-refractivity contribution is 6.00. The van der Waals surface area contributed by atoms with Crippen LogP contribution in [0, 0.1) is 13.8 Å². The van der Waals surface area contributed by atoms with Crippen LogP contribution >= 0.6 is 0 Å². The van der Waals surface area contributed by atoms with Crippen molar-refractivity contribution >= 4 is 23.4 Å². The van der Waals surface area contributed by atoms with Gasteiger partial charge in [0.2, 0.25) is 5.91 Å². The van der Waals surface area contributed by atoms with E-state index in [0.717, 1.165) is 17.1 Å². The number of hydrogen-bond acceptors (Lipinski definition) is 3. The maximum atomic E-state index is 12.6. The average molecular weight is 390 g/mol. The standard InChI is InChI=1S/C22H22N4O3/c1-14-13-20(15(2)26(14)19-7-5-4-6-8-19)22(29)25-24-21(28)17-9-11-18(12-10-17)23-16(3)27/h4-13H,1-3H3,(H,23,27)(H,24,28)(H,25,29). The summed E-state index contributed by atoms with van der Waals surface area (Å²) in [6.07, 6.45) is 0. The van der Waals surface area contributed by atoms with E-state index in [4.69, 9.17) is 0 Å². The smallest absolute Gasteiger partial charge is 0.271 e. The molecule has 0 saturated carbocycles. The number of para-hydroxylation sites is 1. The minimum Gasteiger partial charge on any atom is -0.326 e. The molecule has 0 aliphatic heterocycles. The summed E-state index contributed by atoms with van der Waals surface area (Å²) in [4.78, 5) is 35.9. The van der Waals surface area contributed by atoms with Gasteiger partial charge >= 0.3 is 0 Å². The Morgan fingerprint density at radius 1 is 0.828 bits per heavy atom. The van der Waals surface area contributed by atoms with Gasteiger partial charge in [-0.05, 0) is 56.3 Å². The zero-order valence-electron chi connectivity index (χ0n) is 16.4. The molecule has 0 saturated heterocycles. The fourth-order valence-electron chi connectivity index (χ4n) is 3.13. The largest absolute Gasteiger partial charge is 0.326 e. The zero-order valence-corrected chi connectivity index (χ0v) is 16.4. The van der Waals surface area contributed by atoms with Crippen molar-refractivity contribution in [2.75, 3.05) is 5.32 Å². The van der Waals surface area contributed by atoms with Crippen molar-refractivity contribution in [1.82, 2.24) is 15.4 Å². The van der Waals surface area contributed by atoms with Gasteiger partial charge in [-0.3, -0.25) is 25.2 Å². The Hall–Kier alpha value is -3.87. The maximum absolute atomic E-state index is 12.6. The lowest BCUT2D eigenvalue weighted by Gasteiger charge is -2.10. The molecule has 148 valence electrons. The number of amides is 3. The number of aromatic nitrogens is 1. The molecule has 1 aromatic heterocycles. The Morgan fingerprint density at radius 3 is 2.07 bits per heavy atom. The van der Waals surface area contributed by atoms with E-state index >= 15 is 0 Å². The fourth-order valence-corrected chi connectivity index (χ4v) is 3.13. The van der Waals surface area contributed by atoms with Gasteiger partial charge in [0.25, 0.3) is 11.8 Å². The number of benzene rings is 2. The molecule has 2 aromatic carbocycles. The molecule has 3 N–H and O–H groups in total. The molecule has 0 radical (unpaired) electrons. The molecule has 0 atom stereocenters. The van der Waals surface area contributed by atoms with Crippen LogP contribution in [0.15, 0.2) is 60.7 Å². The van der Waals surface area contributed by atoms with Crippen LogP contribution in [0.25, 0.3) is 5.69 Å².